The summed E-state index contributed by atoms with van der Waals surface area (Å²) in [7, 11) is 1.66. The third-order valence-electron chi connectivity index (χ3n) is 3.02. The third-order valence-corrected chi connectivity index (χ3v) is 3.02. The molecule has 2 N–H and O–H groups in total. The first-order chi connectivity index (χ1) is 8.04. The first kappa shape index (κ1) is 14.0. The maximum absolute atomic E-state index is 6.07. The van der Waals surface area contributed by atoms with E-state index in [2.05, 4.69) is 20.8 Å². The standard InChI is InChI=1S/C14H23NO2/c1-10(2)11(3)17-9-14(15)12-5-7-13(16-4)8-6-12/h5-8,10-11,14H,9,15H2,1-4H3. The van der Waals surface area contributed by atoms with E-state index in [1.54, 1.807) is 7.11 Å². The fraction of sp³-hybridized carbons (Fsp3) is 0.571. The third kappa shape index (κ3) is 4.36. The number of rotatable bonds is 6. The molecule has 1 rings (SSSR count). The van der Waals surface area contributed by atoms with Gasteiger partial charge in [-0.1, -0.05) is 26.0 Å². The highest BCUT2D eigenvalue weighted by atomic mass is 16.5. The Balaban J connectivity index is 2.48. The van der Waals surface area contributed by atoms with Crippen LogP contribution in [0.5, 0.6) is 5.75 Å². The Bertz CT molecular complexity index is 321. The van der Waals surface area contributed by atoms with Gasteiger partial charge in [-0.2, -0.15) is 0 Å². The summed E-state index contributed by atoms with van der Waals surface area (Å²) < 4.78 is 10.8. The lowest BCUT2D eigenvalue weighted by atomic mass is 10.1. The quantitative estimate of drug-likeness (QED) is 0.827. The normalized spacial score (nSPS) is 14.7. The van der Waals surface area contributed by atoms with Crippen LogP contribution in [0.25, 0.3) is 0 Å². The number of hydrogen-bond acceptors (Lipinski definition) is 3. The van der Waals surface area contributed by atoms with Gasteiger partial charge in [0.2, 0.25) is 0 Å². The van der Waals surface area contributed by atoms with Crippen molar-refractivity contribution in [3.8, 4) is 5.75 Å². The topological polar surface area (TPSA) is 44.5 Å². The van der Waals surface area contributed by atoms with Crippen molar-refractivity contribution < 1.29 is 9.47 Å². The molecule has 0 aliphatic carbocycles. The van der Waals surface area contributed by atoms with Crippen LogP contribution >= 0.6 is 0 Å². The Morgan fingerprint density at radius 3 is 2.18 bits per heavy atom. The maximum atomic E-state index is 6.07. The summed E-state index contributed by atoms with van der Waals surface area (Å²) in [6.07, 6.45) is 0.235. The molecule has 0 heterocycles. The Hall–Kier alpha value is -1.06. The van der Waals surface area contributed by atoms with E-state index in [9.17, 15) is 0 Å². The zero-order valence-corrected chi connectivity index (χ0v) is 11.1. The lowest BCUT2D eigenvalue weighted by Crippen LogP contribution is -2.23. The molecule has 0 aromatic heterocycles. The van der Waals surface area contributed by atoms with Crippen molar-refractivity contribution in [3.63, 3.8) is 0 Å². The number of methoxy groups -OCH3 is 1. The van der Waals surface area contributed by atoms with Gasteiger partial charge in [0.1, 0.15) is 5.75 Å². The molecule has 3 heteroatoms. The van der Waals surface area contributed by atoms with Crippen molar-refractivity contribution in [2.24, 2.45) is 11.7 Å². The van der Waals surface area contributed by atoms with Crippen molar-refractivity contribution in [1.29, 1.82) is 0 Å². The molecule has 0 aliphatic heterocycles. The van der Waals surface area contributed by atoms with Crippen LogP contribution in [0.4, 0.5) is 0 Å². The number of ether oxygens (including phenoxy) is 2. The van der Waals surface area contributed by atoms with E-state index in [4.69, 9.17) is 15.2 Å². The zero-order valence-electron chi connectivity index (χ0n) is 11.1. The van der Waals surface area contributed by atoms with Gasteiger partial charge >= 0.3 is 0 Å². The van der Waals surface area contributed by atoms with Crippen LogP contribution < -0.4 is 10.5 Å². The number of nitrogens with two attached hydrogens (primary N) is 1. The molecule has 2 unspecified atom stereocenters. The van der Waals surface area contributed by atoms with Crippen molar-refractivity contribution in [2.45, 2.75) is 32.9 Å². The van der Waals surface area contributed by atoms with Crippen molar-refractivity contribution >= 4 is 0 Å². The minimum atomic E-state index is -0.0814. The second-order valence-electron chi connectivity index (χ2n) is 4.66. The van der Waals surface area contributed by atoms with Gasteiger partial charge in [0, 0.05) is 0 Å². The van der Waals surface area contributed by atoms with Gasteiger partial charge in [0.05, 0.1) is 25.9 Å². The monoisotopic (exact) mass is 237 g/mol. The molecule has 0 saturated carbocycles. The van der Waals surface area contributed by atoms with E-state index in [1.165, 1.54) is 0 Å². The molecule has 0 bridgehead atoms. The molecule has 17 heavy (non-hydrogen) atoms. The number of benzene rings is 1. The molecule has 1 aromatic carbocycles. The fourth-order valence-electron chi connectivity index (χ4n) is 1.40. The van der Waals surface area contributed by atoms with Crippen LogP contribution in [0.1, 0.15) is 32.4 Å². The zero-order chi connectivity index (χ0) is 12.8. The van der Waals surface area contributed by atoms with E-state index in [0.29, 0.717) is 12.5 Å². The smallest absolute Gasteiger partial charge is 0.118 e. The van der Waals surface area contributed by atoms with Crippen LogP contribution in [-0.2, 0) is 4.74 Å². The summed E-state index contributed by atoms with van der Waals surface area (Å²) in [5, 5.41) is 0. The average molecular weight is 237 g/mol. The molecule has 0 aliphatic rings. The van der Waals surface area contributed by atoms with Gasteiger partial charge in [-0.25, -0.2) is 0 Å². The van der Waals surface area contributed by atoms with Crippen LogP contribution in [0.15, 0.2) is 24.3 Å². The number of hydrogen-bond donors (Lipinski definition) is 1. The highest BCUT2D eigenvalue weighted by molar-refractivity contribution is 5.28. The summed E-state index contributed by atoms with van der Waals surface area (Å²) in [5.74, 6) is 1.36. The second kappa shape index (κ2) is 6.62. The summed E-state index contributed by atoms with van der Waals surface area (Å²) in [6, 6.07) is 7.71. The van der Waals surface area contributed by atoms with E-state index < -0.39 is 0 Å². The predicted octanol–water partition coefficient (Wildman–Crippen LogP) is 2.76. The molecule has 0 radical (unpaired) electrons. The predicted molar refractivity (Wildman–Crippen MR) is 70.2 cm³/mol. The van der Waals surface area contributed by atoms with Crippen molar-refractivity contribution in [2.75, 3.05) is 13.7 Å². The minimum absolute atomic E-state index is 0.0814. The Labute approximate surface area is 104 Å². The van der Waals surface area contributed by atoms with Gasteiger partial charge in [-0.3, -0.25) is 0 Å². The van der Waals surface area contributed by atoms with E-state index >= 15 is 0 Å². The van der Waals surface area contributed by atoms with E-state index in [-0.39, 0.29) is 12.1 Å². The largest absolute Gasteiger partial charge is 0.497 e. The molecule has 1 aromatic rings. The van der Waals surface area contributed by atoms with Crippen LogP contribution in [0.3, 0.4) is 0 Å². The Kier molecular flexibility index (Phi) is 5.45. The van der Waals surface area contributed by atoms with Gasteiger partial charge in [-0.15, -0.1) is 0 Å². The first-order valence-electron chi connectivity index (χ1n) is 6.05. The van der Waals surface area contributed by atoms with Crippen molar-refractivity contribution in [1.82, 2.24) is 0 Å². The first-order valence-corrected chi connectivity index (χ1v) is 6.05. The van der Waals surface area contributed by atoms with Gasteiger partial charge in [0.15, 0.2) is 0 Å². The van der Waals surface area contributed by atoms with Crippen LogP contribution in [0.2, 0.25) is 0 Å². The molecule has 0 saturated heterocycles. The SMILES string of the molecule is COc1ccc(C(N)COC(C)C(C)C)cc1. The highest BCUT2D eigenvalue weighted by Crippen LogP contribution is 2.17. The summed E-state index contributed by atoms with van der Waals surface area (Å²) in [5.41, 5.74) is 7.14. The maximum Gasteiger partial charge on any atom is 0.118 e. The fourth-order valence-corrected chi connectivity index (χ4v) is 1.40. The second-order valence-corrected chi connectivity index (χ2v) is 4.66. The van der Waals surface area contributed by atoms with Crippen LogP contribution in [-0.4, -0.2) is 19.8 Å². The molecule has 96 valence electrons. The Morgan fingerprint density at radius 2 is 1.71 bits per heavy atom. The average Bonchev–Trinajstić information content (AvgIpc) is 2.35. The minimum Gasteiger partial charge on any atom is -0.497 e. The van der Waals surface area contributed by atoms with Gasteiger partial charge in [0.25, 0.3) is 0 Å². The van der Waals surface area contributed by atoms with Crippen LogP contribution in [0, 0.1) is 5.92 Å². The lowest BCUT2D eigenvalue weighted by Gasteiger charge is -2.20. The molecule has 0 spiro atoms. The molecule has 0 amide bonds. The molecular formula is C14H23NO2. The van der Waals surface area contributed by atoms with E-state index in [0.717, 1.165) is 11.3 Å². The summed E-state index contributed by atoms with van der Waals surface area (Å²) in [4.78, 5) is 0. The van der Waals surface area contributed by atoms with Gasteiger partial charge < -0.3 is 15.2 Å². The molecule has 2 atom stereocenters. The van der Waals surface area contributed by atoms with Gasteiger partial charge in [-0.05, 0) is 30.5 Å². The lowest BCUT2D eigenvalue weighted by molar-refractivity contribution is 0.0272. The Morgan fingerprint density at radius 1 is 1.12 bits per heavy atom. The summed E-state index contributed by atoms with van der Waals surface area (Å²) >= 11 is 0. The van der Waals surface area contributed by atoms with Crippen molar-refractivity contribution in [3.05, 3.63) is 29.8 Å². The molecule has 3 nitrogen and oxygen atoms in total. The van der Waals surface area contributed by atoms with E-state index in [1.807, 2.05) is 24.3 Å². The molecule has 0 fully saturated rings. The summed E-state index contributed by atoms with van der Waals surface area (Å²) in [6.45, 7) is 6.91. The highest BCUT2D eigenvalue weighted by Gasteiger charge is 2.11. The molecular weight excluding hydrogens is 214 g/mol.